The molecule has 2 atom stereocenters. The fourth-order valence-electron chi connectivity index (χ4n) is 3.80. The molecule has 126 valence electrons. The maximum atomic E-state index is 12.7. The molecule has 2 aliphatic rings. The lowest BCUT2D eigenvalue weighted by molar-refractivity contribution is 0.0683. The zero-order valence-electron chi connectivity index (χ0n) is 13.9. The van der Waals surface area contributed by atoms with Gasteiger partial charge in [-0.15, -0.1) is 0 Å². The fourth-order valence-corrected chi connectivity index (χ4v) is 5.06. The van der Waals surface area contributed by atoms with Crippen molar-refractivity contribution in [3.63, 3.8) is 0 Å². The van der Waals surface area contributed by atoms with Crippen molar-refractivity contribution in [2.45, 2.75) is 39.2 Å². The van der Waals surface area contributed by atoms with E-state index in [4.69, 9.17) is 0 Å². The van der Waals surface area contributed by atoms with Gasteiger partial charge in [-0.1, -0.05) is 6.92 Å². The molecule has 2 aliphatic heterocycles. The zero-order chi connectivity index (χ0) is 16.8. The van der Waals surface area contributed by atoms with Gasteiger partial charge in [0, 0.05) is 24.7 Å². The van der Waals surface area contributed by atoms with Crippen LogP contribution in [0.4, 0.5) is 5.69 Å². The topological polar surface area (TPSA) is 57.7 Å². The number of amides is 1. The molecule has 1 aromatic rings. The van der Waals surface area contributed by atoms with Crippen LogP contribution >= 0.6 is 0 Å². The molecule has 1 amide bonds. The van der Waals surface area contributed by atoms with Gasteiger partial charge < -0.3 is 4.90 Å². The monoisotopic (exact) mass is 336 g/mol. The Kier molecular flexibility index (Phi) is 4.12. The second kappa shape index (κ2) is 5.82. The van der Waals surface area contributed by atoms with Gasteiger partial charge in [-0.2, -0.15) is 0 Å². The number of hydrogen-bond acceptors (Lipinski definition) is 3. The molecule has 23 heavy (non-hydrogen) atoms. The van der Waals surface area contributed by atoms with Crippen molar-refractivity contribution in [1.29, 1.82) is 0 Å². The SMILES string of the molecule is C[C@@H]1CCCN(C(=O)c2ccc3c(c2)C[C@@H](C)N3S(C)(=O)=O)C1. The quantitative estimate of drug-likeness (QED) is 0.832. The number of likely N-dealkylation sites (tertiary alicyclic amines) is 1. The lowest BCUT2D eigenvalue weighted by Crippen LogP contribution is -2.39. The Morgan fingerprint density at radius 3 is 2.65 bits per heavy atom. The van der Waals surface area contributed by atoms with Crippen LogP contribution < -0.4 is 4.31 Å². The Labute approximate surface area is 138 Å². The van der Waals surface area contributed by atoms with Gasteiger partial charge in [-0.05, 0) is 55.9 Å². The summed E-state index contributed by atoms with van der Waals surface area (Å²) in [5.74, 6) is 0.604. The minimum absolute atomic E-state index is 0.0600. The van der Waals surface area contributed by atoms with Gasteiger partial charge >= 0.3 is 0 Å². The van der Waals surface area contributed by atoms with Crippen LogP contribution in [0.25, 0.3) is 0 Å². The molecule has 3 rings (SSSR count). The van der Waals surface area contributed by atoms with Gasteiger partial charge in [0.15, 0.2) is 0 Å². The first-order chi connectivity index (χ1) is 10.8. The van der Waals surface area contributed by atoms with E-state index in [-0.39, 0.29) is 11.9 Å². The number of rotatable bonds is 2. The van der Waals surface area contributed by atoms with E-state index in [2.05, 4.69) is 6.92 Å². The smallest absolute Gasteiger partial charge is 0.253 e. The number of carbonyl (C=O) groups is 1. The standard InChI is InChI=1S/C17H24N2O3S/c1-12-5-4-8-18(11-12)17(20)14-6-7-16-15(10-14)9-13(2)19(16)23(3,21)22/h6-7,10,12-13H,4-5,8-9,11H2,1-3H3/t12-,13-/m1/s1. The molecule has 0 saturated carbocycles. The average molecular weight is 336 g/mol. The summed E-state index contributed by atoms with van der Waals surface area (Å²) in [6.07, 6.45) is 4.11. The lowest BCUT2D eigenvalue weighted by Gasteiger charge is -2.31. The molecule has 6 heteroatoms. The molecule has 0 N–H and O–H groups in total. The number of hydrogen-bond donors (Lipinski definition) is 0. The molecule has 2 heterocycles. The summed E-state index contributed by atoms with van der Waals surface area (Å²) in [7, 11) is -3.29. The number of fused-ring (bicyclic) bond motifs is 1. The van der Waals surface area contributed by atoms with E-state index >= 15 is 0 Å². The first-order valence-corrected chi connectivity index (χ1v) is 10.0. The van der Waals surface area contributed by atoms with E-state index < -0.39 is 10.0 Å². The summed E-state index contributed by atoms with van der Waals surface area (Å²) in [4.78, 5) is 14.6. The summed E-state index contributed by atoms with van der Waals surface area (Å²) in [5.41, 5.74) is 2.32. The van der Waals surface area contributed by atoms with Crippen LogP contribution in [-0.2, 0) is 16.4 Å². The summed E-state index contributed by atoms with van der Waals surface area (Å²) in [5, 5.41) is 0. The minimum atomic E-state index is -3.29. The maximum Gasteiger partial charge on any atom is 0.253 e. The highest BCUT2D eigenvalue weighted by Gasteiger charge is 2.33. The Morgan fingerprint density at radius 2 is 2.00 bits per heavy atom. The van der Waals surface area contributed by atoms with Crippen molar-refractivity contribution in [3.8, 4) is 0 Å². The Bertz CT molecular complexity index is 729. The predicted molar refractivity (Wildman–Crippen MR) is 91.2 cm³/mol. The molecule has 1 saturated heterocycles. The van der Waals surface area contributed by atoms with E-state index in [1.165, 1.54) is 17.0 Å². The van der Waals surface area contributed by atoms with Crippen LogP contribution in [0.5, 0.6) is 0 Å². The van der Waals surface area contributed by atoms with Crippen molar-refractivity contribution < 1.29 is 13.2 Å². The second-order valence-corrected chi connectivity index (χ2v) is 8.81. The molecule has 1 fully saturated rings. The summed E-state index contributed by atoms with van der Waals surface area (Å²) in [6, 6.07) is 5.32. The van der Waals surface area contributed by atoms with Gasteiger partial charge in [0.05, 0.1) is 11.9 Å². The highest BCUT2D eigenvalue weighted by Crippen LogP contribution is 2.35. The predicted octanol–water partition coefficient (Wildman–Crippen LogP) is 2.27. The van der Waals surface area contributed by atoms with Crippen LogP contribution in [0.1, 0.15) is 42.6 Å². The number of carbonyl (C=O) groups excluding carboxylic acids is 1. The average Bonchev–Trinajstić information content (AvgIpc) is 2.81. The Balaban J connectivity index is 1.88. The maximum absolute atomic E-state index is 12.7. The van der Waals surface area contributed by atoms with Crippen LogP contribution in [0.15, 0.2) is 18.2 Å². The largest absolute Gasteiger partial charge is 0.338 e. The summed E-state index contributed by atoms with van der Waals surface area (Å²) < 4.78 is 25.4. The van der Waals surface area contributed by atoms with Crippen LogP contribution in [-0.4, -0.2) is 44.6 Å². The molecule has 0 unspecified atom stereocenters. The van der Waals surface area contributed by atoms with E-state index in [9.17, 15) is 13.2 Å². The zero-order valence-corrected chi connectivity index (χ0v) is 14.8. The van der Waals surface area contributed by atoms with Crippen molar-refractivity contribution >= 4 is 21.6 Å². The van der Waals surface area contributed by atoms with Crippen molar-refractivity contribution in [2.24, 2.45) is 5.92 Å². The van der Waals surface area contributed by atoms with Gasteiger partial charge in [0.2, 0.25) is 10.0 Å². The second-order valence-electron chi connectivity index (χ2n) is 6.95. The van der Waals surface area contributed by atoms with Crippen molar-refractivity contribution in [1.82, 2.24) is 4.90 Å². The van der Waals surface area contributed by atoms with Crippen molar-refractivity contribution in [3.05, 3.63) is 29.3 Å². The first-order valence-electron chi connectivity index (χ1n) is 8.19. The number of benzene rings is 1. The third-order valence-electron chi connectivity index (χ3n) is 4.78. The minimum Gasteiger partial charge on any atom is -0.338 e. The molecule has 5 nitrogen and oxygen atoms in total. The number of nitrogens with zero attached hydrogens (tertiary/aromatic N) is 2. The lowest BCUT2D eigenvalue weighted by atomic mass is 9.99. The van der Waals surface area contributed by atoms with Crippen molar-refractivity contribution in [2.75, 3.05) is 23.7 Å². The highest BCUT2D eigenvalue weighted by molar-refractivity contribution is 7.92. The molecular weight excluding hydrogens is 312 g/mol. The third-order valence-corrected chi connectivity index (χ3v) is 6.05. The number of anilines is 1. The van der Waals surface area contributed by atoms with Crippen LogP contribution in [0, 0.1) is 5.92 Å². The normalized spacial score (nSPS) is 24.7. The fraction of sp³-hybridized carbons (Fsp3) is 0.588. The first kappa shape index (κ1) is 16.3. The highest BCUT2D eigenvalue weighted by atomic mass is 32.2. The summed E-state index contributed by atoms with van der Waals surface area (Å²) >= 11 is 0. The molecular formula is C17H24N2O3S. The van der Waals surface area contributed by atoms with E-state index in [1.807, 2.05) is 17.9 Å². The molecule has 0 aliphatic carbocycles. The molecule has 0 bridgehead atoms. The van der Waals surface area contributed by atoms with E-state index in [0.29, 0.717) is 23.6 Å². The Morgan fingerprint density at radius 1 is 1.26 bits per heavy atom. The third kappa shape index (κ3) is 3.09. The molecule has 0 radical (unpaired) electrons. The molecule has 0 aromatic heterocycles. The summed E-state index contributed by atoms with van der Waals surface area (Å²) in [6.45, 7) is 5.69. The van der Waals surface area contributed by atoms with E-state index in [0.717, 1.165) is 25.1 Å². The van der Waals surface area contributed by atoms with Gasteiger partial charge in [-0.25, -0.2) is 8.42 Å². The van der Waals surface area contributed by atoms with E-state index in [1.54, 1.807) is 12.1 Å². The van der Waals surface area contributed by atoms with Gasteiger partial charge in [0.1, 0.15) is 0 Å². The van der Waals surface area contributed by atoms with Gasteiger partial charge in [-0.3, -0.25) is 9.10 Å². The Hall–Kier alpha value is -1.56. The van der Waals surface area contributed by atoms with Gasteiger partial charge in [0.25, 0.3) is 5.91 Å². The number of sulfonamides is 1. The molecule has 1 aromatic carbocycles. The van der Waals surface area contributed by atoms with Crippen LogP contribution in [0.3, 0.4) is 0 Å². The number of piperidine rings is 1. The molecule has 0 spiro atoms. The van der Waals surface area contributed by atoms with Crippen LogP contribution in [0.2, 0.25) is 0 Å².